The molecule has 3 aromatic carbocycles. The third kappa shape index (κ3) is 4.72. The molecule has 208 valence electrons. The number of rotatable bonds is 5. The molecule has 0 amide bonds. The van der Waals surface area contributed by atoms with Gasteiger partial charge in [-0.15, -0.1) is 0 Å². The Labute approximate surface area is 239 Å². The first-order valence-electron chi connectivity index (χ1n) is 14.0. The highest BCUT2D eigenvalue weighted by Crippen LogP contribution is 2.45. The maximum absolute atomic E-state index is 13.4. The summed E-state index contributed by atoms with van der Waals surface area (Å²) < 4.78 is 14.2. The number of ether oxygens (including phenoxy) is 2. The van der Waals surface area contributed by atoms with E-state index in [4.69, 9.17) is 14.5 Å². The molecule has 1 aliphatic heterocycles. The minimum atomic E-state index is -0.809. The Kier molecular flexibility index (Phi) is 6.54. The molecule has 0 aliphatic carbocycles. The summed E-state index contributed by atoms with van der Waals surface area (Å²) >= 11 is 0. The zero-order chi connectivity index (χ0) is 29.1. The lowest BCUT2D eigenvalue weighted by molar-refractivity contribution is -0.138. The maximum Gasteiger partial charge on any atom is 0.255 e. The lowest BCUT2D eigenvalue weighted by atomic mass is 9.85. The predicted octanol–water partition coefficient (Wildman–Crippen LogP) is 7.20. The minimum absolute atomic E-state index is 0.0883. The van der Waals surface area contributed by atoms with Gasteiger partial charge in [-0.2, -0.15) is 0 Å². The van der Waals surface area contributed by atoms with Crippen molar-refractivity contribution in [2.24, 2.45) is 0 Å². The first-order valence-corrected chi connectivity index (χ1v) is 14.0. The van der Waals surface area contributed by atoms with Crippen molar-refractivity contribution < 1.29 is 14.3 Å². The van der Waals surface area contributed by atoms with E-state index in [1.807, 2.05) is 95.4 Å². The number of carbonyl (C=O) groups excluding carboxylic acids is 1. The van der Waals surface area contributed by atoms with Crippen LogP contribution in [0.25, 0.3) is 38.6 Å². The quantitative estimate of drug-likeness (QED) is 0.233. The van der Waals surface area contributed by atoms with E-state index in [9.17, 15) is 9.59 Å². The van der Waals surface area contributed by atoms with Crippen molar-refractivity contribution in [3.63, 3.8) is 0 Å². The SMILES string of the molecule is CC(=O)[C@@H](OC(C)(C)C)c1c(C)cc2c(ccc(=O)n2-c2cccc(C)c2)c1-c1ccc2c3c(ccnc13)CCO2. The number of hydrogen-bond acceptors (Lipinski definition) is 5. The molecule has 0 radical (unpaired) electrons. The predicted molar refractivity (Wildman–Crippen MR) is 163 cm³/mol. The topological polar surface area (TPSA) is 70.4 Å². The molecule has 6 heteroatoms. The average Bonchev–Trinajstić information content (AvgIpc) is 2.91. The summed E-state index contributed by atoms with van der Waals surface area (Å²) in [4.78, 5) is 31.6. The van der Waals surface area contributed by atoms with Crippen LogP contribution in [0.5, 0.6) is 5.75 Å². The standard InChI is InChI=1S/C35H34N2O4/c1-20-8-7-9-24(18-20)37-27-19-21(2)30(34(22(3)38)41-35(4,5)6)32(25(27)11-13-29(37)39)26-10-12-28-31-23(15-17-40-28)14-16-36-33(26)31/h7-14,16,18-19,34H,15,17H2,1-6H3/t34-/m1/s1. The van der Waals surface area contributed by atoms with Crippen molar-refractivity contribution in [2.75, 3.05) is 6.61 Å². The summed E-state index contributed by atoms with van der Waals surface area (Å²) in [7, 11) is 0. The fourth-order valence-corrected chi connectivity index (χ4v) is 6.00. The second-order valence-corrected chi connectivity index (χ2v) is 11.9. The normalized spacial score (nSPS) is 13.8. The first kappa shape index (κ1) is 26.9. The van der Waals surface area contributed by atoms with Crippen LogP contribution in [-0.4, -0.2) is 27.5 Å². The van der Waals surface area contributed by atoms with Gasteiger partial charge in [0.25, 0.3) is 5.56 Å². The van der Waals surface area contributed by atoms with Crippen LogP contribution in [0.1, 0.15) is 56.1 Å². The highest BCUT2D eigenvalue weighted by Gasteiger charge is 2.31. The van der Waals surface area contributed by atoms with Crippen LogP contribution < -0.4 is 10.3 Å². The van der Waals surface area contributed by atoms with Gasteiger partial charge in [0.2, 0.25) is 0 Å². The fraction of sp³-hybridized carbons (Fsp3) is 0.286. The van der Waals surface area contributed by atoms with E-state index in [1.165, 1.54) is 5.56 Å². The van der Waals surface area contributed by atoms with Gasteiger partial charge in [-0.3, -0.25) is 19.1 Å². The van der Waals surface area contributed by atoms with Crippen molar-refractivity contribution in [1.29, 1.82) is 0 Å². The van der Waals surface area contributed by atoms with Gasteiger partial charge in [-0.1, -0.05) is 12.1 Å². The summed E-state index contributed by atoms with van der Waals surface area (Å²) in [5.74, 6) is 0.719. The van der Waals surface area contributed by atoms with Crippen LogP contribution in [0.15, 0.2) is 71.7 Å². The molecule has 0 N–H and O–H groups in total. The number of aromatic nitrogens is 2. The largest absolute Gasteiger partial charge is 0.493 e. The molecule has 0 fully saturated rings. The van der Waals surface area contributed by atoms with Gasteiger partial charge in [0, 0.05) is 40.7 Å². The molecule has 6 nitrogen and oxygen atoms in total. The average molecular weight is 547 g/mol. The van der Waals surface area contributed by atoms with Crippen molar-refractivity contribution in [3.05, 3.63) is 99.5 Å². The van der Waals surface area contributed by atoms with Crippen LogP contribution in [0.2, 0.25) is 0 Å². The Morgan fingerprint density at radius 3 is 2.59 bits per heavy atom. The first-order chi connectivity index (χ1) is 19.5. The van der Waals surface area contributed by atoms with Crippen molar-refractivity contribution in [1.82, 2.24) is 9.55 Å². The van der Waals surface area contributed by atoms with Gasteiger partial charge in [-0.05, 0) is 112 Å². The molecule has 6 rings (SSSR count). The number of hydrogen-bond donors (Lipinski definition) is 0. The van der Waals surface area contributed by atoms with Crippen LogP contribution in [0, 0.1) is 13.8 Å². The number of carbonyl (C=O) groups is 1. The Morgan fingerprint density at radius 1 is 1.05 bits per heavy atom. The van der Waals surface area contributed by atoms with Crippen molar-refractivity contribution >= 4 is 27.6 Å². The zero-order valence-corrected chi connectivity index (χ0v) is 24.4. The molecule has 5 aromatic rings. The summed E-state index contributed by atoms with van der Waals surface area (Å²) in [5, 5.41) is 1.83. The van der Waals surface area contributed by atoms with Crippen LogP contribution in [0.4, 0.5) is 0 Å². The Balaban J connectivity index is 1.79. The highest BCUT2D eigenvalue weighted by molar-refractivity contribution is 6.08. The van der Waals surface area contributed by atoms with Gasteiger partial charge in [-0.25, -0.2) is 0 Å². The molecule has 1 atom stereocenters. The minimum Gasteiger partial charge on any atom is -0.493 e. The number of pyridine rings is 2. The zero-order valence-electron chi connectivity index (χ0n) is 24.4. The molecule has 0 spiro atoms. The van der Waals surface area contributed by atoms with Gasteiger partial charge < -0.3 is 9.47 Å². The summed E-state index contributed by atoms with van der Waals surface area (Å²) in [6, 6.07) is 19.4. The third-order valence-electron chi connectivity index (χ3n) is 7.65. The Bertz CT molecular complexity index is 1900. The van der Waals surface area contributed by atoms with Crippen molar-refractivity contribution in [3.8, 4) is 22.6 Å². The number of aryl methyl sites for hydroxylation is 2. The van der Waals surface area contributed by atoms with Gasteiger partial charge in [0.05, 0.1) is 23.2 Å². The van der Waals surface area contributed by atoms with Crippen LogP contribution >= 0.6 is 0 Å². The molecule has 0 bridgehead atoms. The maximum atomic E-state index is 13.4. The van der Waals surface area contributed by atoms with E-state index < -0.39 is 11.7 Å². The Hall–Kier alpha value is -4.29. The molecular weight excluding hydrogens is 512 g/mol. The van der Waals surface area contributed by atoms with E-state index >= 15 is 0 Å². The molecule has 3 heterocycles. The van der Waals surface area contributed by atoms with E-state index in [0.29, 0.717) is 6.61 Å². The second kappa shape index (κ2) is 9.96. The monoisotopic (exact) mass is 546 g/mol. The van der Waals surface area contributed by atoms with Crippen molar-refractivity contribution in [2.45, 2.75) is 59.7 Å². The van der Waals surface area contributed by atoms with Crippen LogP contribution in [0.3, 0.4) is 0 Å². The number of ketones is 1. The second-order valence-electron chi connectivity index (χ2n) is 11.9. The number of fused-ring (bicyclic) bond motifs is 1. The van der Waals surface area contributed by atoms with Gasteiger partial charge >= 0.3 is 0 Å². The number of Topliss-reactive ketones (excluding diaryl/α,β-unsaturated/α-hetero) is 1. The van der Waals surface area contributed by atoms with E-state index in [-0.39, 0.29) is 11.3 Å². The highest BCUT2D eigenvalue weighted by atomic mass is 16.5. The Morgan fingerprint density at radius 2 is 1.85 bits per heavy atom. The molecule has 0 unspecified atom stereocenters. The van der Waals surface area contributed by atoms with Crippen LogP contribution in [-0.2, 0) is 16.0 Å². The molecular formula is C35H34N2O4. The summed E-state index contributed by atoms with van der Waals surface area (Å²) in [6.07, 6.45) is 1.83. The lowest BCUT2D eigenvalue weighted by Gasteiger charge is -2.30. The smallest absolute Gasteiger partial charge is 0.255 e. The lowest BCUT2D eigenvalue weighted by Crippen LogP contribution is -2.27. The van der Waals surface area contributed by atoms with Gasteiger partial charge in [0.1, 0.15) is 11.9 Å². The molecule has 41 heavy (non-hydrogen) atoms. The van der Waals surface area contributed by atoms with E-state index in [2.05, 4.69) is 0 Å². The molecule has 0 saturated carbocycles. The molecule has 0 saturated heterocycles. The number of nitrogens with zero attached hydrogens (tertiary/aromatic N) is 2. The molecule has 2 aromatic heterocycles. The van der Waals surface area contributed by atoms with Gasteiger partial charge in [0.15, 0.2) is 5.78 Å². The molecule has 1 aliphatic rings. The summed E-state index contributed by atoms with van der Waals surface area (Å²) in [5.41, 5.74) is 7.26. The fourth-order valence-electron chi connectivity index (χ4n) is 6.00. The van der Waals surface area contributed by atoms with E-state index in [1.54, 1.807) is 17.6 Å². The van der Waals surface area contributed by atoms with E-state index in [0.717, 1.165) is 67.5 Å². The number of benzene rings is 3. The third-order valence-corrected chi connectivity index (χ3v) is 7.65. The summed E-state index contributed by atoms with van der Waals surface area (Å²) in [6.45, 7) is 12.1.